The fourth-order valence-electron chi connectivity index (χ4n) is 2.86. The zero-order chi connectivity index (χ0) is 21.0. The van der Waals surface area contributed by atoms with Crippen molar-refractivity contribution in [2.45, 2.75) is 20.5 Å². The van der Waals surface area contributed by atoms with Crippen LogP contribution in [-0.4, -0.2) is 12.9 Å². The largest absolute Gasteiger partial charge is 0.496 e. The van der Waals surface area contributed by atoms with E-state index in [1.54, 1.807) is 19.3 Å². The average molecular weight is 492 g/mol. The lowest BCUT2D eigenvalue weighted by Crippen LogP contribution is -2.00. The van der Waals surface area contributed by atoms with Crippen LogP contribution in [0, 0.1) is 13.8 Å². The fourth-order valence-corrected chi connectivity index (χ4v) is 4.32. The number of carbonyl (C=O) groups excluding carboxylic acids is 1. The summed E-state index contributed by atoms with van der Waals surface area (Å²) in [6.07, 6.45) is 3.38. The second-order valence-corrected chi connectivity index (χ2v) is 8.76. The number of rotatable bonds is 7. The number of ketones is 1. The van der Waals surface area contributed by atoms with Gasteiger partial charge in [-0.2, -0.15) is 0 Å². The van der Waals surface area contributed by atoms with Crippen LogP contribution in [0.15, 0.2) is 52.3 Å². The molecule has 0 radical (unpaired) electrons. The summed E-state index contributed by atoms with van der Waals surface area (Å²) in [5.74, 6) is 1.46. The van der Waals surface area contributed by atoms with Crippen LogP contribution >= 0.6 is 38.9 Å². The molecular weight excluding hydrogens is 472 g/mol. The molecule has 0 saturated heterocycles. The van der Waals surface area contributed by atoms with E-state index in [-0.39, 0.29) is 5.78 Å². The quantitative estimate of drug-likeness (QED) is 0.258. The van der Waals surface area contributed by atoms with E-state index in [1.165, 1.54) is 11.3 Å². The van der Waals surface area contributed by atoms with Crippen molar-refractivity contribution in [1.29, 1.82) is 0 Å². The Labute approximate surface area is 188 Å². The van der Waals surface area contributed by atoms with Crippen molar-refractivity contribution < 1.29 is 14.3 Å². The van der Waals surface area contributed by atoms with E-state index in [0.29, 0.717) is 11.5 Å². The van der Waals surface area contributed by atoms with E-state index in [0.717, 1.165) is 43.2 Å². The highest BCUT2D eigenvalue weighted by Crippen LogP contribution is 2.28. The first-order chi connectivity index (χ1) is 13.9. The van der Waals surface area contributed by atoms with Gasteiger partial charge < -0.3 is 9.47 Å². The van der Waals surface area contributed by atoms with Crippen LogP contribution in [0.25, 0.3) is 6.08 Å². The van der Waals surface area contributed by atoms with E-state index in [2.05, 4.69) is 15.9 Å². The minimum Gasteiger partial charge on any atom is -0.496 e. The molecule has 3 rings (SSSR count). The van der Waals surface area contributed by atoms with Crippen LogP contribution in [0.5, 0.6) is 11.5 Å². The molecule has 0 N–H and O–H groups in total. The van der Waals surface area contributed by atoms with Gasteiger partial charge in [-0.25, -0.2) is 0 Å². The average Bonchev–Trinajstić information content (AvgIpc) is 3.15. The molecule has 0 atom stereocenters. The standard InChI is InChI=1S/C23H20BrClO3S/c1-14-8-19(9-15(2)23(14)25)28-12-17-10-16(5-7-21(17)27-3)4-6-20(26)22-11-18(24)13-29-22/h4-11,13H,12H2,1-3H3/b6-4+. The Balaban J connectivity index is 1.76. The van der Waals surface area contributed by atoms with E-state index in [9.17, 15) is 4.79 Å². The van der Waals surface area contributed by atoms with Gasteiger partial charge in [-0.3, -0.25) is 4.79 Å². The maximum atomic E-state index is 12.3. The maximum absolute atomic E-state index is 12.3. The zero-order valence-corrected chi connectivity index (χ0v) is 19.5. The van der Waals surface area contributed by atoms with Crippen LogP contribution < -0.4 is 9.47 Å². The molecule has 0 aliphatic heterocycles. The van der Waals surface area contributed by atoms with Crippen molar-refractivity contribution >= 4 is 50.7 Å². The number of aryl methyl sites for hydroxylation is 2. The second kappa shape index (κ2) is 9.61. The van der Waals surface area contributed by atoms with Crippen LogP contribution in [-0.2, 0) is 6.61 Å². The predicted molar refractivity (Wildman–Crippen MR) is 124 cm³/mol. The number of thiophene rings is 1. The minimum atomic E-state index is -0.0265. The van der Waals surface area contributed by atoms with Crippen LogP contribution in [0.4, 0.5) is 0 Å². The van der Waals surface area contributed by atoms with Crippen molar-refractivity contribution in [3.63, 3.8) is 0 Å². The smallest absolute Gasteiger partial charge is 0.195 e. The summed E-state index contributed by atoms with van der Waals surface area (Å²) in [5.41, 5.74) is 3.75. The number of hydrogen-bond acceptors (Lipinski definition) is 4. The van der Waals surface area contributed by atoms with Crippen LogP contribution in [0.2, 0.25) is 5.02 Å². The summed E-state index contributed by atoms with van der Waals surface area (Å²) in [4.78, 5) is 13.0. The number of allylic oxidation sites excluding steroid dienone is 1. The van der Waals surface area contributed by atoms with Gasteiger partial charge >= 0.3 is 0 Å². The molecule has 0 unspecified atom stereocenters. The van der Waals surface area contributed by atoms with Crippen molar-refractivity contribution in [2.24, 2.45) is 0 Å². The van der Waals surface area contributed by atoms with Gasteiger partial charge in [0.25, 0.3) is 0 Å². The van der Waals surface area contributed by atoms with Crippen LogP contribution in [0.3, 0.4) is 0 Å². The molecule has 29 heavy (non-hydrogen) atoms. The summed E-state index contributed by atoms with van der Waals surface area (Å²) in [6, 6.07) is 11.4. The first kappa shape index (κ1) is 21.6. The molecule has 0 saturated carbocycles. The van der Waals surface area contributed by atoms with Crippen LogP contribution in [0.1, 0.15) is 31.9 Å². The summed E-state index contributed by atoms with van der Waals surface area (Å²) < 4.78 is 12.3. The Bertz CT molecular complexity index is 1050. The normalized spacial score (nSPS) is 11.1. The summed E-state index contributed by atoms with van der Waals surface area (Å²) in [7, 11) is 1.63. The number of methoxy groups -OCH3 is 1. The Hall–Kier alpha value is -2.08. The lowest BCUT2D eigenvalue weighted by molar-refractivity contribution is 0.105. The summed E-state index contributed by atoms with van der Waals surface area (Å²) in [5, 5.41) is 2.65. The fraction of sp³-hybridized carbons (Fsp3) is 0.174. The van der Waals surface area contributed by atoms with E-state index >= 15 is 0 Å². The molecule has 0 fully saturated rings. The maximum Gasteiger partial charge on any atom is 0.195 e. The van der Waals surface area contributed by atoms with E-state index in [4.69, 9.17) is 21.1 Å². The molecule has 3 aromatic rings. The SMILES string of the molecule is COc1ccc(/C=C/C(=O)c2cc(Br)cs2)cc1COc1cc(C)c(Cl)c(C)c1. The molecule has 0 amide bonds. The topological polar surface area (TPSA) is 35.5 Å². The Morgan fingerprint density at radius 1 is 1.17 bits per heavy atom. The van der Waals surface area contributed by atoms with Crippen molar-refractivity contribution in [3.8, 4) is 11.5 Å². The molecule has 0 spiro atoms. The third-order valence-electron chi connectivity index (χ3n) is 4.35. The van der Waals surface area contributed by atoms with Gasteiger partial charge in [0.1, 0.15) is 18.1 Å². The third kappa shape index (κ3) is 5.50. The van der Waals surface area contributed by atoms with Gasteiger partial charge in [-0.1, -0.05) is 23.7 Å². The van der Waals surface area contributed by atoms with E-state index in [1.807, 2.05) is 55.6 Å². The Kier molecular flexibility index (Phi) is 7.17. The number of halogens is 2. The first-order valence-electron chi connectivity index (χ1n) is 8.90. The first-order valence-corrected chi connectivity index (χ1v) is 11.0. The summed E-state index contributed by atoms with van der Waals surface area (Å²) in [6.45, 7) is 4.26. The van der Waals surface area contributed by atoms with Gasteiger partial charge in [0.15, 0.2) is 5.78 Å². The van der Waals surface area contributed by atoms with Gasteiger partial charge in [-0.05, 0) is 82.9 Å². The minimum absolute atomic E-state index is 0.0265. The highest BCUT2D eigenvalue weighted by Gasteiger charge is 2.09. The molecule has 150 valence electrons. The Morgan fingerprint density at radius 3 is 2.52 bits per heavy atom. The number of hydrogen-bond donors (Lipinski definition) is 0. The zero-order valence-electron chi connectivity index (χ0n) is 16.3. The predicted octanol–water partition coefficient (Wildman–Crippen LogP) is 7.26. The van der Waals surface area contributed by atoms with E-state index < -0.39 is 0 Å². The monoisotopic (exact) mass is 490 g/mol. The molecule has 0 aliphatic carbocycles. The van der Waals surface area contributed by atoms with Crippen molar-refractivity contribution in [2.75, 3.05) is 7.11 Å². The highest BCUT2D eigenvalue weighted by atomic mass is 79.9. The molecule has 1 aromatic heterocycles. The molecule has 6 heteroatoms. The van der Waals surface area contributed by atoms with Gasteiger partial charge in [0.05, 0.1) is 12.0 Å². The molecule has 3 nitrogen and oxygen atoms in total. The van der Waals surface area contributed by atoms with Crippen molar-refractivity contribution in [1.82, 2.24) is 0 Å². The molecule has 0 aliphatic rings. The Morgan fingerprint density at radius 2 is 1.90 bits per heavy atom. The second-order valence-electron chi connectivity index (χ2n) is 6.56. The van der Waals surface area contributed by atoms with Gasteiger partial charge in [0.2, 0.25) is 0 Å². The number of ether oxygens (including phenoxy) is 2. The van der Waals surface area contributed by atoms with Gasteiger partial charge in [0, 0.05) is 20.4 Å². The van der Waals surface area contributed by atoms with Gasteiger partial charge in [-0.15, -0.1) is 11.3 Å². The molecule has 0 bridgehead atoms. The van der Waals surface area contributed by atoms with Crippen molar-refractivity contribution in [3.05, 3.63) is 84.5 Å². The lowest BCUT2D eigenvalue weighted by Gasteiger charge is -2.13. The molecule has 1 heterocycles. The molecular formula is C23H20BrClO3S. The number of benzene rings is 2. The highest BCUT2D eigenvalue weighted by molar-refractivity contribution is 9.10. The third-order valence-corrected chi connectivity index (χ3v) is 6.65. The summed E-state index contributed by atoms with van der Waals surface area (Å²) >= 11 is 11.0. The number of carbonyl (C=O) groups is 1. The lowest BCUT2D eigenvalue weighted by atomic mass is 10.1. The molecule has 2 aromatic carbocycles.